The van der Waals surface area contributed by atoms with E-state index in [0.29, 0.717) is 35.7 Å². The van der Waals surface area contributed by atoms with Gasteiger partial charge in [-0.05, 0) is 23.3 Å². The van der Waals surface area contributed by atoms with Gasteiger partial charge >= 0.3 is 0 Å². The Kier molecular flexibility index (Phi) is 4.47. The lowest BCUT2D eigenvalue weighted by Crippen LogP contribution is -2.25. The first-order chi connectivity index (χ1) is 10.1. The molecule has 1 aromatic carbocycles. The summed E-state index contributed by atoms with van der Waals surface area (Å²) in [7, 11) is 4.67. The number of benzene rings is 1. The van der Waals surface area contributed by atoms with Crippen LogP contribution < -0.4 is 19.6 Å². The maximum atomic E-state index is 11.1. The largest absolute Gasteiger partial charge is 0.493 e. The van der Waals surface area contributed by atoms with Crippen molar-refractivity contribution in [2.75, 3.05) is 21.3 Å². The van der Waals surface area contributed by atoms with Gasteiger partial charge in [-0.3, -0.25) is 4.79 Å². The van der Waals surface area contributed by atoms with Crippen LogP contribution in [0.15, 0.2) is 23.8 Å². The van der Waals surface area contributed by atoms with Crippen molar-refractivity contribution in [3.8, 4) is 17.2 Å². The zero-order valence-corrected chi connectivity index (χ0v) is 12.4. The zero-order valence-electron chi connectivity index (χ0n) is 12.4. The van der Waals surface area contributed by atoms with Crippen molar-refractivity contribution in [1.29, 1.82) is 0 Å². The molecule has 21 heavy (non-hydrogen) atoms. The number of nitrogens with one attached hydrogen (secondary N) is 1. The first-order valence-corrected chi connectivity index (χ1v) is 6.45. The molecule has 2 rings (SSSR count). The van der Waals surface area contributed by atoms with Crippen molar-refractivity contribution in [1.82, 2.24) is 5.43 Å². The Balaban J connectivity index is 2.40. The zero-order chi connectivity index (χ0) is 15.4. The lowest BCUT2D eigenvalue weighted by atomic mass is 9.98. The Bertz CT molecular complexity index is 583. The predicted molar refractivity (Wildman–Crippen MR) is 79.9 cm³/mol. The highest BCUT2D eigenvalue weighted by Crippen LogP contribution is 2.40. The van der Waals surface area contributed by atoms with Gasteiger partial charge in [-0.25, -0.2) is 5.43 Å². The summed E-state index contributed by atoms with van der Waals surface area (Å²) >= 11 is 0. The Hall–Kier alpha value is -2.50. The van der Waals surface area contributed by atoms with E-state index in [1.807, 2.05) is 12.1 Å². The number of rotatable bonds is 5. The average Bonchev–Trinajstić information content (AvgIpc) is 2.53. The van der Waals surface area contributed by atoms with E-state index >= 15 is 0 Å². The van der Waals surface area contributed by atoms with E-state index in [0.717, 1.165) is 11.3 Å². The first kappa shape index (κ1) is 14.9. The molecule has 0 aliphatic carbocycles. The van der Waals surface area contributed by atoms with Crippen LogP contribution in [0.25, 0.3) is 5.57 Å². The Morgan fingerprint density at radius 2 is 1.76 bits per heavy atom. The number of hydrogen-bond acceptors (Lipinski definition) is 5. The van der Waals surface area contributed by atoms with Crippen molar-refractivity contribution in [2.24, 2.45) is 5.10 Å². The van der Waals surface area contributed by atoms with Crippen LogP contribution in [0.2, 0.25) is 0 Å². The maximum Gasteiger partial charge on any atom is 0.240 e. The van der Waals surface area contributed by atoms with Crippen molar-refractivity contribution in [3.05, 3.63) is 24.3 Å². The SMILES string of the molecule is C=C(C1=NNC(=O)CC1)c1cc(OC)c(OC)c(OC)c1. The second kappa shape index (κ2) is 6.30. The molecule has 1 aliphatic heterocycles. The number of carbonyl (C=O) groups is 1. The normalized spacial score (nSPS) is 14.0. The van der Waals surface area contributed by atoms with E-state index in [9.17, 15) is 4.79 Å². The fourth-order valence-corrected chi connectivity index (χ4v) is 2.11. The summed E-state index contributed by atoms with van der Waals surface area (Å²) in [6, 6.07) is 3.62. The summed E-state index contributed by atoms with van der Waals surface area (Å²) in [5.41, 5.74) is 4.73. The van der Waals surface area contributed by atoms with Gasteiger partial charge in [-0.1, -0.05) is 6.58 Å². The summed E-state index contributed by atoms with van der Waals surface area (Å²) in [4.78, 5) is 11.1. The monoisotopic (exact) mass is 290 g/mol. The van der Waals surface area contributed by atoms with Gasteiger partial charge in [-0.2, -0.15) is 5.10 Å². The summed E-state index contributed by atoms with van der Waals surface area (Å²) in [6.45, 7) is 4.05. The maximum absolute atomic E-state index is 11.1. The highest BCUT2D eigenvalue weighted by Gasteiger charge is 2.19. The van der Waals surface area contributed by atoms with Crippen LogP contribution in [0.3, 0.4) is 0 Å². The molecule has 6 heteroatoms. The number of methoxy groups -OCH3 is 3. The smallest absolute Gasteiger partial charge is 0.240 e. The van der Waals surface area contributed by atoms with Crippen molar-refractivity contribution >= 4 is 17.2 Å². The molecule has 0 unspecified atom stereocenters. The number of nitrogens with zero attached hydrogens (tertiary/aromatic N) is 1. The van der Waals surface area contributed by atoms with E-state index in [1.54, 1.807) is 21.3 Å². The minimum Gasteiger partial charge on any atom is -0.493 e. The van der Waals surface area contributed by atoms with E-state index in [2.05, 4.69) is 17.1 Å². The third kappa shape index (κ3) is 2.99. The number of amides is 1. The fraction of sp³-hybridized carbons (Fsp3) is 0.333. The molecular weight excluding hydrogens is 272 g/mol. The van der Waals surface area contributed by atoms with E-state index in [-0.39, 0.29) is 5.91 Å². The molecule has 0 atom stereocenters. The molecule has 0 saturated heterocycles. The van der Waals surface area contributed by atoms with Crippen LogP contribution in [0.5, 0.6) is 17.2 Å². The Labute approximate surface area is 123 Å². The van der Waals surface area contributed by atoms with E-state index in [4.69, 9.17) is 14.2 Å². The standard InChI is InChI=1S/C15H18N2O4/c1-9(11-5-6-14(18)17-16-11)10-7-12(19-2)15(21-4)13(8-10)20-3/h7-8H,1,5-6H2,2-4H3,(H,17,18). The van der Waals surface area contributed by atoms with Crippen molar-refractivity contribution in [2.45, 2.75) is 12.8 Å². The summed E-state index contributed by atoms with van der Waals surface area (Å²) in [6.07, 6.45) is 0.962. The van der Waals surface area contributed by atoms with Gasteiger partial charge in [-0.15, -0.1) is 0 Å². The molecule has 1 aliphatic rings. The van der Waals surface area contributed by atoms with Crippen LogP contribution in [-0.2, 0) is 4.79 Å². The average molecular weight is 290 g/mol. The van der Waals surface area contributed by atoms with Gasteiger partial charge in [0.25, 0.3) is 0 Å². The highest BCUT2D eigenvalue weighted by molar-refractivity contribution is 6.24. The van der Waals surface area contributed by atoms with Crippen molar-refractivity contribution < 1.29 is 19.0 Å². The number of hydrogen-bond donors (Lipinski definition) is 1. The molecule has 1 amide bonds. The van der Waals surface area contributed by atoms with E-state index < -0.39 is 0 Å². The summed E-state index contributed by atoms with van der Waals surface area (Å²) < 4.78 is 15.9. The second-order valence-corrected chi connectivity index (χ2v) is 4.49. The van der Waals surface area contributed by atoms with Crippen molar-refractivity contribution in [3.63, 3.8) is 0 Å². The minimum atomic E-state index is -0.0866. The molecule has 0 fully saturated rings. The van der Waals surface area contributed by atoms with Gasteiger partial charge in [0, 0.05) is 12.8 Å². The molecule has 0 bridgehead atoms. The first-order valence-electron chi connectivity index (χ1n) is 6.45. The van der Waals surface area contributed by atoms with Gasteiger partial charge in [0.2, 0.25) is 11.7 Å². The Morgan fingerprint density at radius 1 is 1.14 bits per heavy atom. The quantitative estimate of drug-likeness (QED) is 0.900. The number of ether oxygens (including phenoxy) is 3. The van der Waals surface area contributed by atoms with Crippen LogP contribution in [0.4, 0.5) is 0 Å². The number of carbonyl (C=O) groups excluding carboxylic acids is 1. The molecule has 1 N–H and O–H groups in total. The van der Waals surface area contributed by atoms with E-state index in [1.165, 1.54) is 0 Å². The number of hydrazone groups is 1. The van der Waals surface area contributed by atoms with Crippen LogP contribution in [-0.4, -0.2) is 32.9 Å². The second-order valence-electron chi connectivity index (χ2n) is 4.49. The molecule has 0 saturated carbocycles. The molecule has 0 radical (unpaired) electrons. The molecule has 1 aromatic rings. The summed E-state index contributed by atoms with van der Waals surface area (Å²) in [5, 5.41) is 4.05. The third-order valence-corrected chi connectivity index (χ3v) is 3.27. The number of allylic oxidation sites excluding steroid dienone is 1. The van der Waals surface area contributed by atoms with Gasteiger partial charge < -0.3 is 14.2 Å². The Morgan fingerprint density at radius 3 is 2.19 bits per heavy atom. The molecule has 112 valence electrons. The van der Waals surface area contributed by atoms with Crippen LogP contribution >= 0.6 is 0 Å². The molecule has 6 nitrogen and oxygen atoms in total. The lowest BCUT2D eigenvalue weighted by molar-refractivity contribution is -0.121. The summed E-state index contributed by atoms with van der Waals surface area (Å²) in [5.74, 6) is 1.54. The van der Waals surface area contributed by atoms with Crippen LogP contribution in [0.1, 0.15) is 18.4 Å². The molecular formula is C15H18N2O4. The van der Waals surface area contributed by atoms with Crippen LogP contribution in [0, 0.1) is 0 Å². The van der Waals surface area contributed by atoms with Gasteiger partial charge in [0.15, 0.2) is 11.5 Å². The minimum absolute atomic E-state index is 0.0866. The molecule has 1 heterocycles. The molecule has 0 spiro atoms. The van der Waals surface area contributed by atoms with Gasteiger partial charge in [0.1, 0.15) is 0 Å². The van der Waals surface area contributed by atoms with Gasteiger partial charge in [0.05, 0.1) is 27.0 Å². The predicted octanol–water partition coefficient (Wildman–Crippen LogP) is 1.99. The lowest BCUT2D eigenvalue weighted by Gasteiger charge is -2.17. The molecule has 0 aromatic heterocycles. The third-order valence-electron chi connectivity index (χ3n) is 3.27. The highest BCUT2D eigenvalue weighted by atomic mass is 16.5. The fourth-order valence-electron chi connectivity index (χ4n) is 2.11. The topological polar surface area (TPSA) is 69.2 Å².